The maximum Gasteiger partial charge on any atom is 0.225 e. The van der Waals surface area contributed by atoms with Crippen LogP contribution >= 0.6 is 0 Å². The molecule has 1 aromatic heterocycles. The number of nitrogens with one attached hydrogen (secondary N) is 2. The molecule has 1 aromatic rings. The highest BCUT2D eigenvalue weighted by Gasteiger charge is 2.32. The van der Waals surface area contributed by atoms with Gasteiger partial charge in [0.25, 0.3) is 0 Å². The Labute approximate surface area is 162 Å². The molecule has 7 nitrogen and oxygen atoms in total. The molecule has 2 fully saturated rings. The molecule has 0 bridgehead atoms. The molecule has 0 aromatic carbocycles. The summed E-state index contributed by atoms with van der Waals surface area (Å²) in [6.45, 7) is 6.63. The molecule has 27 heavy (non-hydrogen) atoms. The molecule has 0 radical (unpaired) electrons. The van der Waals surface area contributed by atoms with Crippen LogP contribution in [0.4, 0.5) is 0 Å². The summed E-state index contributed by atoms with van der Waals surface area (Å²) in [7, 11) is 3.78. The molecule has 150 valence electrons. The van der Waals surface area contributed by atoms with Crippen molar-refractivity contribution in [2.24, 2.45) is 18.0 Å². The zero-order chi connectivity index (χ0) is 19.4. The first-order chi connectivity index (χ1) is 13.0. The van der Waals surface area contributed by atoms with Crippen molar-refractivity contribution in [1.29, 1.82) is 0 Å². The number of guanidine groups is 1. The highest BCUT2D eigenvalue weighted by Crippen LogP contribution is 2.27. The number of rotatable bonds is 5. The third kappa shape index (κ3) is 4.62. The van der Waals surface area contributed by atoms with Crippen molar-refractivity contribution in [2.45, 2.75) is 58.4 Å². The van der Waals surface area contributed by atoms with Crippen molar-refractivity contribution in [3.05, 3.63) is 17.0 Å². The number of aliphatic imine (C=N–C) groups is 1. The predicted octanol–water partition coefficient (Wildman–Crippen LogP) is 1.54. The Morgan fingerprint density at radius 1 is 1.26 bits per heavy atom. The molecule has 1 aliphatic heterocycles. The Morgan fingerprint density at radius 3 is 2.63 bits per heavy atom. The predicted molar refractivity (Wildman–Crippen MR) is 108 cm³/mol. The lowest BCUT2D eigenvalue weighted by atomic mass is 10.1. The summed E-state index contributed by atoms with van der Waals surface area (Å²) in [6.07, 6.45) is 6.47. The van der Waals surface area contributed by atoms with Gasteiger partial charge in [-0.1, -0.05) is 12.8 Å². The molecule has 2 N–H and O–H groups in total. The smallest absolute Gasteiger partial charge is 0.225 e. The molecule has 1 atom stereocenters. The van der Waals surface area contributed by atoms with Gasteiger partial charge in [-0.2, -0.15) is 5.10 Å². The van der Waals surface area contributed by atoms with E-state index in [1.165, 1.54) is 24.1 Å². The fraction of sp³-hybridized carbons (Fsp3) is 0.750. The van der Waals surface area contributed by atoms with Crippen molar-refractivity contribution in [3.63, 3.8) is 0 Å². The number of nitrogens with zero attached hydrogens (tertiary/aromatic N) is 4. The van der Waals surface area contributed by atoms with Crippen LogP contribution < -0.4 is 10.6 Å². The summed E-state index contributed by atoms with van der Waals surface area (Å²) < 4.78 is 1.94. The third-order valence-electron chi connectivity index (χ3n) is 6.10. The van der Waals surface area contributed by atoms with Crippen molar-refractivity contribution in [2.75, 3.05) is 26.7 Å². The monoisotopic (exact) mass is 374 g/mol. The lowest BCUT2D eigenvalue weighted by Crippen LogP contribution is -2.45. The molecule has 2 aliphatic rings. The van der Waals surface area contributed by atoms with Crippen LogP contribution in [0.15, 0.2) is 4.99 Å². The van der Waals surface area contributed by atoms with E-state index in [0.717, 1.165) is 57.0 Å². The summed E-state index contributed by atoms with van der Waals surface area (Å²) in [4.78, 5) is 19.0. The van der Waals surface area contributed by atoms with Crippen LogP contribution in [0.2, 0.25) is 0 Å². The van der Waals surface area contributed by atoms with Gasteiger partial charge >= 0.3 is 0 Å². The Bertz CT molecular complexity index is 689. The lowest BCUT2D eigenvalue weighted by Gasteiger charge is -2.21. The third-order valence-corrected chi connectivity index (χ3v) is 6.10. The van der Waals surface area contributed by atoms with E-state index >= 15 is 0 Å². The Hall–Kier alpha value is -2.05. The zero-order valence-electron chi connectivity index (χ0n) is 17.2. The second kappa shape index (κ2) is 8.76. The van der Waals surface area contributed by atoms with Crippen LogP contribution in [0.1, 0.15) is 49.1 Å². The molecule has 1 saturated carbocycles. The molecular weight excluding hydrogens is 340 g/mol. The normalized spacial score (nSPS) is 21.1. The summed E-state index contributed by atoms with van der Waals surface area (Å²) in [5.74, 6) is 1.45. The molecule has 1 aliphatic carbocycles. The number of hydrogen-bond acceptors (Lipinski definition) is 3. The minimum absolute atomic E-state index is 0.271. The maximum absolute atomic E-state index is 12.6. The molecule has 1 unspecified atom stereocenters. The number of carbonyl (C=O) groups is 1. The van der Waals surface area contributed by atoms with Gasteiger partial charge in [0, 0.05) is 51.4 Å². The number of hydrogen-bond donors (Lipinski definition) is 2. The fourth-order valence-corrected chi connectivity index (χ4v) is 4.38. The molecule has 1 saturated heterocycles. The largest absolute Gasteiger partial charge is 0.356 e. The first-order valence-corrected chi connectivity index (χ1v) is 10.2. The summed E-state index contributed by atoms with van der Waals surface area (Å²) in [6, 6.07) is 0.281. The number of amides is 1. The number of carbonyl (C=O) groups excluding carboxylic acids is 1. The van der Waals surface area contributed by atoms with Crippen LogP contribution in [-0.2, 0) is 18.3 Å². The molecule has 0 spiro atoms. The Morgan fingerprint density at radius 2 is 2.00 bits per heavy atom. The topological polar surface area (TPSA) is 74.6 Å². The van der Waals surface area contributed by atoms with Crippen LogP contribution in [0.5, 0.6) is 0 Å². The van der Waals surface area contributed by atoms with E-state index in [2.05, 4.69) is 34.6 Å². The quantitative estimate of drug-likeness (QED) is 0.606. The van der Waals surface area contributed by atoms with Crippen molar-refractivity contribution >= 4 is 11.9 Å². The van der Waals surface area contributed by atoms with Crippen LogP contribution in [0.3, 0.4) is 0 Å². The van der Waals surface area contributed by atoms with Crippen LogP contribution in [0.25, 0.3) is 0 Å². The van der Waals surface area contributed by atoms with Crippen molar-refractivity contribution < 1.29 is 4.79 Å². The van der Waals surface area contributed by atoms with Crippen molar-refractivity contribution in [1.82, 2.24) is 25.3 Å². The van der Waals surface area contributed by atoms with E-state index in [1.807, 2.05) is 16.6 Å². The summed E-state index contributed by atoms with van der Waals surface area (Å²) in [5, 5.41) is 11.4. The van der Waals surface area contributed by atoms with Crippen molar-refractivity contribution in [3.8, 4) is 0 Å². The van der Waals surface area contributed by atoms with Gasteiger partial charge in [0.05, 0.1) is 5.69 Å². The first kappa shape index (κ1) is 19.7. The van der Waals surface area contributed by atoms with Gasteiger partial charge in [-0.05, 0) is 45.1 Å². The minimum Gasteiger partial charge on any atom is -0.356 e. The van der Waals surface area contributed by atoms with Gasteiger partial charge in [-0.15, -0.1) is 0 Å². The maximum atomic E-state index is 12.6. The Kier molecular flexibility index (Phi) is 6.39. The number of aryl methyl sites for hydroxylation is 2. The first-order valence-electron chi connectivity index (χ1n) is 10.2. The molecule has 1 amide bonds. The molecule has 7 heteroatoms. The van der Waals surface area contributed by atoms with Gasteiger partial charge in [-0.3, -0.25) is 14.5 Å². The SMILES string of the molecule is CN=C(NCCc1c(C)nn(C)c1C)NC1CCN(C(=O)C2CCCC2)C1. The average Bonchev–Trinajstić information content (AvgIpc) is 3.38. The molecular formula is C20H34N6O. The standard InChI is InChI=1S/C20H34N6O/c1-14-18(15(2)25(4)24-14)9-11-22-20(21-3)23-17-10-12-26(13-17)19(27)16-7-5-6-8-16/h16-17H,5-13H2,1-4H3,(H2,21,22,23). The van der Waals surface area contributed by atoms with E-state index in [1.54, 1.807) is 7.05 Å². The highest BCUT2D eigenvalue weighted by molar-refractivity contribution is 5.81. The van der Waals surface area contributed by atoms with Gasteiger partial charge in [0.2, 0.25) is 5.91 Å². The van der Waals surface area contributed by atoms with E-state index in [4.69, 9.17) is 0 Å². The second-order valence-electron chi connectivity index (χ2n) is 7.92. The lowest BCUT2D eigenvalue weighted by molar-refractivity contribution is -0.134. The Balaban J connectivity index is 1.44. The molecule has 2 heterocycles. The molecule has 3 rings (SSSR count). The van der Waals surface area contributed by atoms with E-state index < -0.39 is 0 Å². The second-order valence-corrected chi connectivity index (χ2v) is 7.92. The van der Waals surface area contributed by atoms with Gasteiger partial charge in [-0.25, -0.2) is 0 Å². The fourth-order valence-electron chi connectivity index (χ4n) is 4.38. The van der Waals surface area contributed by atoms with Gasteiger partial charge in [0.15, 0.2) is 5.96 Å². The summed E-state index contributed by atoms with van der Waals surface area (Å²) >= 11 is 0. The average molecular weight is 375 g/mol. The minimum atomic E-state index is 0.271. The summed E-state index contributed by atoms with van der Waals surface area (Å²) in [5.41, 5.74) is 3.61. The zero-order valence-corrected chi connectivity index (χ0v) is 17.2. The van der Waals surface area contributed by atoms with E-state index in [0.29, 0.717) is 5.91 Å². The van der Waals surface area contributed by atoms with Crippen LogP contribution in [0, 0.1) is 19.8 Å². The van der Waals surface area contributed by atoms with E-state index in [-0.39, 0.29) is 12.0 Å². The number of aromatic nitrogens is 2. The van der Waals surface area contributed by atoms with Gasteiger partial charge < -0.3 is 15.5 Å². The van der Waals surface area contributed by atoms with Gasteiger partial charge in [0.1, 0.15) is 0 Å². The van der Waals surface area contributed by atoms with Crippen LogP contribution in [-0.4, -0.2) is 59.3 Å². The number of likely N-dealkylation sites (tertiary alicyclic amines) is 1. The van der Waals surface area contributed by atoms with E-state index in [9.17, 15) is 4.79 Å². The highest BCUT2D eigenvalue weighted by atomic mass is 16.2.